The number of thiocarbonyl (C=S) groups is 1. The standard InChI is InChI=1S/C29H29N5O2S/c1-4-26(35)31-23-14-13-21(17-19(23)2)34-28(27(32-29(34)37)24-11-5-6-15-30-24)25-12-8-16-33(25)20-9-7-10-22(18-20)36-3/h5-18,27-28H,4H2,1-3H3,(H,31,35)(H,32,37)/t27-,28-/m1/s1. The van der Waals surface area contributed by atoms with Gasteiger partial charge < -0.3 is 24.8 Å². The van der Waals surface area contributed by atoms with Gasteiger partial charge in [-0.2, -0.15) is 0 Å². The Balaban J connectivity index is 1.61. The van der Waals surface area contributed by atoms with Gasteiger partial charge in [0, 0.05) is 47.6 Å². The number of carbonyl (C=O) groups excluding carboxylic acids is 1. The van der Waals surface area contributed by atoms with Crippen LogP contribution in [0, 0.1) is 6.92 Å². The largest absolute Gasteiger partial charge is 0.497 e. The molecule has 0 radical (unpaired) electrons. The van der Waals surface area contributed by atoms with Crippen LogP contribution in [0.3, 0.4) is 0 Å². The highest BCUT2D eigenvalue weighted by atomic mass is 32.1. The van der Waals surface area contributed by atoms with E-state index in [1.54, 1.807) is 13.3 Å². The minimum Gasteiger partial charge on any atom is -0.497 e. The van der Waals surface area contributed by atoms with Crippen LogP contribution in [-0.2, 0) is 4.79 Å². The zero-order chi connectivity index (χ0) is 25.9. The predicted molar refractivity (Wildman–Crippen MR) is 150 cm³/mol. The number of hydrogen-bond acceptors (Lipinski definition) is 4. The SMILES string of the molecule is CCC(=O)Nc1ccc(N2C(=S)N[C@H](c3ccccn3)[C@H]2c2cccn2-c2cccc(OC)c2)cc1C. The molecule has 0 aliphatic carbocycles. The van der Waals surface area contributed by atoms with Crippen LogP contribution in [0.2, 0.25) is 0 Å². The molecule has 0 unspecified atom stereocenters. The molecule has 8 heteroatoms. The average molecular weight is 512 g/mol. The monoisotopic (exact) mass is 511 g/mol. The molecule has 5 rings (SSSR count). The van der Waals surface area contributed by atoms with Gasteiger partial charge in [-0.1, -0.05) is 19.1 Å². The maximum atomic E-state index is 12.0. The Morgan fingerprint density at radius 3 is 2.68 bits per heavy atom. The fourth-order valence-corrected chi connectivity index (χ4v) is 5.09. The van der Waals surface area contributed by atoms with Gasteiger partial charge >= 0.3 is 0 Å². The number of aromatic nitrogens is 2. The van der Waals surface area contributed by atoms with Crippen LogP contribution in [0.4, 0.5) is 11.4 Å². The number of nitrogens with zero attached hydrogens (tertiary/aromatic N) is 3. The summed E-state index contributed by atoms with van der Waals surface area (Å²) >= 11 is 5.90. The molecule has 7 nitrogen and oxygen atoms in total. The highest BCUT2D eigenvalue weighted by Crippen LogP contribution is 2.43. The number of hydrogen-bond donors (Lipinski definition) is 2. The molecule has 1 fully saturated rings. The maximum absolute atomic E-state index is 12.0. The van der Waals surface area contributed by atoms with E-state index in [2.05, 4.69) is 43.3 Å². The summed E-state index contributed by atoms with van der Waals surface area (Å²) in [5, 5.41) is 7.11. The average Bonchev–Trinajstić information content (AvgIpc) is 3.54. The first-order chi connectivity index (χ1) is 18.0. The Morgan fingerprint density at radius 2 is 1.95 bits per heavy atom. The molecule has 2 atom stereocenters. The van der Waals surface area contributed by atoms with Crippen molar-refractivity contribution in [3.63, 3.8) is 0 Å². The van der Waals surface area contributed by atoms with E-state index >= 15 is 0 Å². The van der Waals surface area contributed by atoms with E-state index in [1.807, 2.05) is 74.6 Å². The second kappa shape index (κ2) is 10.4. The van der Waals surface area contributed by atoms with Crippen LogP contribution in [0.15, 0.2) is 85.2 Å². The Kier molecular flexibility index (Phi) is 6.92. The summed E-state index contributed by atoms with van der Waals surface area (Å²) in [7, 11) is 1.67. The normalized spacial score (nSPS) is 16.9. The van der Waals surface area contributed by atoms with Crippen molar-refractivity contribution >= 4 is 34.6 Å². The van der Waals surface area contributed by atoms with Gasteiger partial charge in [0.1, 0.15) is 11.8 Å². The van der Waals surface area contributed by atoms with Crippen molar-refractivity contribution < 1.29 is 9.53 Å². The summed E-state index contributed by atoms with van der Waals surface area (Å²) in [5.41, 5.74) is 5.64. The summed E-state index contributed by atoms with van der Waals surface area (Å²) < 4.78 is 7.64. The second-order valence-corrected chi connectivity index (χ2v) is 9.29. The van der Waals surface area contributed by atoms with Crippen molar-refractivity contribution in [2.75, 3.05) is 17.3 Å². The van der Waals surface area contributed by atoms with E-state index in [1.165, 1.54) is 0 Å². The molecular weight excluding hydrogens is 482 g/mol. The molecule has 0 bridgehead atoms. The molecule has 2 aromatic carbocycles. The third kappa shape index (κ3) is 4.80. The van der Waals surface area contributed by atoms with Gasteiger partial charge in [0.05, 0.1) is 18.8 Å². The Hall–Kier alpha value is -4.17. The van der Waals surface area contributed by atoms with Crippen molar-refractivity contribution in [3.05, 3.63) is 102 Å². The van der Waals surface area contributed by atoms with Gasteiger partial charge in [0.2, 0.25) is 5.91 Å². The lowest BCUT2D eigenvalue weighted by Gasteiger charge is -2.29. The fourth-order valence-electron chi connectivity index (χ4n) is 4.74. The van der Waals surface area contributed by atoms with Crippen molar-refractivity contribution in [1.82, 2.24) is 14.9 Å². The van der Waals surface area contributed by atoms with E-state index in [9.17, 15) is 4.79 Å². The third-order valence-corrected chi connectivity index (χ3v) is 6.91. The zero-order valence-corrected chi connectivity index (χ0v) is 21.8. The second-order valence-electron chi connectivity index (χ2n) is 8.90. The topological polar surface area (TPSA) is 71.4 Å². The van der Waals surface area contributed by atoms with Crippen molar-refractivity contribution in [2.45, 2.75) is 32.4 Å². The lowest BCUT2D eigenvalue weighted by Crippen LogP contribution is -2.30. The molecule has 1 saturated heterocycles. The summed E-state index contributed by atoms with van der Waals surface area (Å²) in [6.07, 6.45) is 4.28. The maximum Gasteiger partial charge on any atom is 0.224 e. The summed E-state index contributed by atoms with van der Waals surface area (Å²) in [4.78, 5) is 18.8. The Bertz CT molecular complexity index is 1440. The number of nitrogens with one attached hydrogen (secondary N) is 2. The number of ether oxygens (including phenoxy) is 1. The van der Waals surface area contributed by atoms with Gasteiger partial charge in [-0.3, -0.25) is 9.78 Å². The smallest absolute Gasteiger partial charge is 0.224 e. The molecule has 1 aliphatic heterocycles. The van der Waals surface area contributed by atoms with Crippen molar-refractivity contribution in [3.8, 4) is 11.4 Å². The molecule has 4 aromatic rings. The third-order valence-electron chi connectivity index (χ3n) is 6.60. The molecule has 1 amide bonds. The number of benzene rings is 2. The van der Waals surface area contributed by atoms with Crippen LogP contribution in [0.5, 0.6) is 5.75 Å². The Morgan fingerprint density at radius 1 is 1.08 bits per heavy atom. The van der Waals surface area contributed by atoms with Crippen molar-refractivity contribution in [1.29, 1.82) is 0 Å². The molecular formula is C29H29N5O2S. The van der Waals surface area contributed by atoms with Crippen molar-refractivity contribution in [2.24, 2.45) is 0 Å². The first kappa shape index (κ1) is 24.5. The quantitative estimate of drug-likeness (QED) is 0.310. The van der Waals surface area contributed by atoms with Crippen LogP contribution >= 0.6 is 12.2 Å². The molecule has 0 saturated carbocycles. The number of anilines is 2. The highest BCUT2D eigenvalue weighted by molar-refractivity contribution is 7.80. The first-order valence-corrected chi connectivity index (χ1v) is 12.6. The van der Waals surface area contributed by atoms with Gasteiger partial charge in [0.15, 0.2) is 5.11 Å². The van der Waals surface area contributed by atoms with Gasteiger partial charge in [0.25, 0.3) is 0 Å². The van der Waals surface area contributed by atoms with Crippen LogP contribution < -0.4 is 20.3 Å². The molecule has 188 valence electrons. The number of rotatable bonds is 7. The van der Waals surface area contributed by atoms with Gasteiger partial charge in [-0.15, -0.1) is 0 Å². The number of amides is 1. The molecule has 2 N–H and O–H groups in total. The highest BCUT2D eigenvalue weighted by Gasteiger charge is 2.42. The van der Waals surface area contributed by atoms with E-state index < -0.39 is 0 Å². The van der Waals surface area contributed by atoms with E-state index in [0.717, 1.165) is 39.8 Å². The lowest BCUT2D eigenvalue weighted by molar-refractivity contribution is -0.115. The zero-order valence-electron chi connectivity index (χ0n) is 21.0. The Labute approximate surface area is 222 Å². The van der Waals surface area contributed by atoms with Crippen LogP contribution in [0.1, 0.15) is 42.4 Å². The molecule has 37 heavy (non-hydrogen) atoms. The molecule has 3 heterocycles. The molecule has 0 spiro atoms. The number of carbonyl (C=O) groups is 1. The van der Waals surface area contributed by atoms with Gasteiger partial charge in [-0.05, 0) is 79.3 Å². The summed E-state index contributed by atoms with van der Waals surface area (Å²) in [6, 6.07) is 23.7. The van der Waals surface area contributed by atoms with E-state index in [4.69, 9.17) is 17.0 Å². The number of aryl methyl sites for hydroxylation is 1. The summed E-state index contributed by atoms with van der Waals surface area (Å²) in [6.45, 7) is 3.83. The minimum atomic E-state index is -0.181. The predicted octanol–water partition coefficient (Wildman–Crippen LogP) is 5.71. The molecule has 1 aliphatic rings. The van der Waals surface area contributed by atoms with Gasteiger partial charge in [-0.25, -0.2) is 0 Å². The minimum absolute atomic E-state index is 0.0154. The van der Waals surface area contributed by atoms with Crippen LogP contribution in [-0.4, -0.2) is 27.7 Å². The van der Waals surface area contributed by atoms with E-state index in [0.29, 0.717) is 11.5 Å². The lowest BCUT2D eigenvalue weighted by atomic mass is 10.00. The van der Waals surface area contributed by atoms with Crippen LogP contribution in [0.25, 0.3) is 5.69 Å². The number of methoxy groups -OCH3 is 1. The summed E-state index contributed by atoms with van der Waals surface area (Å²) in [5.74, 6) is 0.772. The van der Waals surface area contributed by atoms with E-state index in [-0.39, 0.29) is 18.0 Å². The fraction of sp³-hybridized carbons (Fsp3) is 0.207. The first-order valence-electron chi connectivity index (χ1n) is 12.2. The number of pyridine rings is 1. The molecule has 2 aromatic heterocycles.